The molecule has 3 N–H and O–H groups in total. The van der Waals surface area contributed by atoms with Crippen molar-refractivity contribution < 1.29 is 62.6 Å². The minimum absolute atomic E-state index is 0.0588. The largest absolute Gasteiger partial charge is 0.506 e. The molecule has 0 aromatic heterocycles. The second kappa shape index (κ2) is 15.0. The lowest BCUT2D eigenvalue weighted by atomic mass is 9.87. The number of carboxylic acid groups (broad SMARTS) is 1. The smallest absolute Gasteiger partial charge is 0.356 e. The lowest BCUT2D eigenvalue weighted by Gasteiger charge is -2.30. The van der Waals surface area contributed by atoms with Gasteiger partial charge in [-0.25, -0.2) is 23.6 Å². The van der Waals surface area contributed by atoms with Crippen LogP contribution in [0.25, 0.3) is 6.08 Å². The van der Waals surface area contributed by atoms with E-state index in [1.165, 1.54) is 40.7 Å². The first kappa shape index (κ1) is 41.2. The molecule has 0 unspecified atom stereocenters. The molecule has 284 valence electrons. The van der Waals surface area contributed by atoms with Crippen molar-refractivity contribution in [1.29, 1.82) is 0 Å². The third-order valence-corrected chi connectivity index (χ3v) is 10.6. The molecule has 0 amide bonds. The summed E-state index contributed by atoms with van der Waals surface area (Å²) in [7, 11) is 1.16. The molecule has 0 bridgehead atoms. The molecule has 14 heteroatoms. The molecule has 3 aromatic rings. The maximum Gasteiger partial charge on any atom is 0.356 e. The van der Waals surface area contributed by atoms with Crippen LogP contribution in [0.3, 0.4) is 0 Å². The number of aliphatic hydroxyl groups is 1. The van der Waals surface area contributed by atoms with Crippen LogP contribution in [0.15, 0.2) is 34.5 Å². The Balaban J connectivity index is 1.74. The SMILES string of the molecule is C=Cc1c(C)c(C(=O)Oc2c(C)c(C)c(C(=O)O)c(C)c2C)c(C)c(F)c1OC(=O)c1c(C)c(C)c(OC(=O)[C@@]2(O)C(C)=CC(=O)C=C2OC)c(Br)c1O. The molecule has 0 saturated heterocycles. The van der Waals surface area contributed by atoms with Crippen molar-refractivity contribution in [3.63, 3.8) is 0 Å². The minimum atomic E-state index is -2.48. The quantitative estimate of drug-likeness (QED) is 0.146. The highest BCUT2D eigenvalue weighted by atomic mass is 79.9. The summed E-state index contributed by atoms with van der Waals surface area (Å²) in [5.74, 6) is -8.06. The van der Waals surface area contributed by atoms with Gasteiger partial charge in [-0.1, -0.05) is 12.7 Å². The van der Waals surface area contributed by atoms with Gasteiger partial charge >= 0.3 is 23.9 Å². The number of hydrogen-bond donors (Lipinski definition) is 3. The van der Waals surface area contributed by atoms with E-state index in [9.17, 15) is 39.3 Å². The van der Waals surface area contributed by atoms with Crippen LogP contribution < -0.4 is 14.2 Å². The Morgan fingerprint density at radius 2 is 1.24 bits per heavy atom. The Morgan fingerprint density at radius 3 is 1.76 bits per heavy atom. The highest BCUT2D eigenvalue weighted by Gasteiger charge is 2.48. The van der Waals surface area contributed by atoms with Crippen molar-refractivity contribution >= 4 is 51.7 Å². The lowest BCUT2D eigenvalue weighted by molar-refractivity contribution is -0.151. The average Bonchev–Trinajstić information content (AvgIpc) is 3.10. The number of carbonyl (C=O) groups excluding carboxylic acids is 4. The van der Waals surface area contributed by atoms with Gasteiger partial charge in [0.2, 0.25) is 5.60 Å². The van der Waals surface area contributed by atoms with Gasteiger partial charge < -0.3 is 34.3 Å². The Morgan fingerprint density at radius 1 is 0.741 bits per heavy atom. The summed E-state index contributed by atoms with van der Waals surface area (Å²) in [6, 6.07) is 0. The molecule has 1 aliphatic carbocycles. The van der Waals surface area contributed by atoms with Crippen LogP contribution in [-0.4, -0.2) is 57.7 Å². The molecule has 3 aromatic carbocycles. The van der Waals surface area contributed by atoms with Gasteiger partial charge in [-0.05, 0) is 129 Å². The third-order valence-electron chi connectivity index (χ3n) is 9.89. The predicted molar refractivity (Wildman–Crippen MR) is 198 cm³/mol. The molecular weight excluding hydrogens is 771 g/mol. The maximum atomic E-state index is 16.2. The molecule has 0 radical (unpaired) electrons. The number of phenols is 1. The van der Waals surface area contributed by atoms with Crippen LogP contribution in [0.1, 0.15) is 88.1 Å². The van der Waals surface area contributed by atoms with Crippen molar-refractivity contribution in [2.45, 2.75) is 67.9 Å². The molecule has 54 heavy (non-hydrogen) atoms. The van der Waals surface area contributed by atoms with Crippen LogP contribution in [0.4, 0.5) is 4.39 Å². The highest BCUT2D eigenvalue weighted by molar-refractivity contribution is 9.10. The number of aromatic hydroxyl groups is 1. The zero-order chi connectivity index (χ0) is 40.9. The fourth-order valence-electron chi connectivity index (χ4n) is 6.39. The van der Waals surface area contributed by atoms with Crippen molar-refractivity contribution in [3.8, 4) is 23.0 Å². The summed E-state index contributed by atoms with van der Waals surface area (Å²) < 4.78 is 37.8. The number of ether oxygens (including phenoxy) is 4. The summed E-state index contributed by atoms with van der Waals surface area (Å²) in [6.45, 7) is 17.1. The first-order valence-corrected chi connectivity index (χ1v) is 17.1. The Hall–Kier alpha value is -5.60. The number of benzene rings is 3. The van der Waals surface area contributed by atoms with Crippen molar-refractivity contribution in [3.05, 3.63) is 107 Å². The van der Waals surface area contributed by atoms with E-state index in [1.54, 1.807) is 27.7 Å². The van der Waals surface area contributed by atoms with Crippen molar-refractivity contribution in [1.82, 2.24) is 0 Å². The fraction of sp³-hybridized carbons (Fsp3) is 0.275. The summed E-state index contributed by atoms with van der Waals surface area (Å²) in [6.07, 6.45) is 3.15. The number of carboxylic acids is 1. The fourth-order valence-corrected chi connectivity index (χ4v) is 6.96. The van der Waals surface area contributed by atoms with Crippen LogP contribution in [-0.2, 0) is 14.3 Å². The molecule has 0 aliphatic heterocycles. The molecule has 0 fully saturated rings. The molecule has 0 saturated carbocycles. The second-order valence-electron chi connectivity index (χ2n) is 12.8. The maximum absolute atomic E-state index is 16.2. The van der Waals surface area contributed by atoms with Gasteiger partial charge in [0.05, 0.1) is 18.2 Å². The topological polar surface area (TPSA) is 183 Å². The second-order valence-corrected chi connectivity index (χ2v) is 13.6. The van der Waals surface area contributed by atoms with E-state index in [4.69, 9.17) is 18.9 Å². The number of rotatable bonds is 9. The minimum Gasteiger partial charge on any atom is -0.506 e. The van der Waals surface area contributed by atoms with Crippen molar-refractivity contribution in [2.24, 2.45) is 0 Å². The number of hydrogen-bond acceptors (Lipinski definition) is 11. The Bertz CT molecular complexity index is 2240. The number of esters is 3. The number of allylic oxidation sites excluding steroid dienone is 2. The third kappa shape index (κ3) is 6.60. The van der Waals surface area contributed by atoms with Gasteiger partial charge in [0.25, 0.3) is 0 Å². The van der Waals surface area contributed by atoms with E-state index in [2.05, 4.69) is 22.5 Å². The zero-order valence-corrected chi connectivity index (χ0v) is 32.8. The first-order chi connectivity index (χ1) is 25.1. The molecule has 12 nitrogen and oxygen atoms in total. The standard InChI is InChI=1S/C40H38BrFO12/c1-12-25-22(9)28(37(47)52-33-19(6)16(3)27(36(45)46)17(4)20(33)7)23(10)31(42)35(25)53-38(48)29-18(5)21(8)34(30(41)32(29)44)54-39(49)40(50)15(2)13-24(43)14-26(40)51-11/h12-14,44,50H,1H2,2-11H3,(H,45,46)/t40-/m1/s1. The summed E-state index contributed by atoms with van der Waals surface area (Å²) >= 11 is 3.14. The normalized spacial score (nSPS) is 15.2. The summed E-state index contributed by atoms with van der Waals surface area (Å²) in [5, 5.41) is 32.2. The van der Waals surface area contributed by atoms with Crippen LogP contribution in [0.5, 0.6) is 23.0 Å². The van der Waals surface area contributed by atoms with Gasteiger partial charge in [0, 0.05) is 17.2 Å². The van der Waals surface area contributed by atoms with E-state index < -0.39 is 58.1 Å². The van der Waals surface area contributed by atoms with Crippen molar-refractivity contribution in [2.75, 3.05) is 7.11 Å². The molecular formula is C40H38BrFO12. The number of phenolic OH excluding ortho intramolecular Hbond substituents is 1. The Kier molecular flexibility index (Phi) is 11.5. The van der Waals surface area contributed by atoms with E-state index in [1.807, 2.05) is 0 Å². The van der Waals surface area contributed by atoms with Crippen LogP contribution in [0.2, 0.25) is 0 Å². The predicted octanol–water partition coefficient (Wildman–Crippen LogP) is 7.24. The van der Waals surface area contributed by atoms with E-state index in [0.29, 0.717) is 22.3 Å². The number of aromatic carboxylic acids is 1. The molecule has 0 heterocycles. The van der Waals surface area contributed by atoms with E-state index in [0.717, 1.165) is 19.3 Å². The van der Waals surface area contributed by atoms with E-state index in [-0.39, 0.29) is 66.2 Å². The van der Waals surface area contributed by atoms with Gasteiger partial charge in [-0.15, -0.1) is 0 Å². The molecule has 1 atom stereocenters. The highest BCUT2D eigenvalue weighted by Crippen LogP contribution is 2.45. The molecule has 1 aliphatic rings. The van der Waals surface area contributed by atoms with Gasteiger partial charge in [0.1, 0.15) is 27.3 Å². The van der Waals surface area contributed by atoms with Gasteiger partial charge in [-0.2, -0.15) is 0 Å². The van der Waals surface area contributed by atoms with Crippen LogP contribution >= 0.6 is 15.9 Å². The summed E-state index contributed by atoms with van der Waals surface area (Å²) in [4.78, 5) is 64.6. The lowest BCUT2D eigenvalue weighted by Crippen LogP contribution is -2.47. The van der Waals surface area contributed by atoms with Crippen LogP contribution in [0, 0.1) is 61.2 Å². The number of ketones is 1. The first-order valence-electron chi connectivity index (χ1n) is 16.3. The average molecular weight is 810 g/mol. The zero-order valence-electron chi connectivity index (χ0n) is 31.2. The Labute approximate surface area is 318 Å². The molecule has 4 rings (SSSR count). The van der Waals surface area contributed by atoms with E-state index >= 15 is 4.39 Å². The number of carbonyl (C=O) groups is 5. The van der Waals surface area contributed by atoms with Gasteiger partial charge in [0.15, 0.2) is 23.1 Å². The number of halogens is 2. The monoisotopic (exact) mass is 808 g/mol. The van der Waals surface area contributed by atoms with Gasteiger partial charge in [-0.3, -0.25) is 4.79 Å². The number of methoxy groups -OCH3 is 1. The summed E-state index contributed by atoms with van der Waals surface area (Å²) in [5.41, 5.74) is -1.40. The molecule has 0 spiro atoms.